The van der Waals surface area contributed by atoms with Gasteiger partial charge in [0.05, 0.1) is 30.8 Å². The molecule has 14 heteroatoms. The van der Waals surface area contributed by atoms with Crippen LogP contribution in [0, 0.1) is 0 Å². The van der Waals surface area contributed by atoms with Gasteiger partial charge in [-0.1, -0.05) is 36.2 Å². The van der Waals surface area contributed by atoms with Crippen LogP contribution in [-0.4, -0.2) is 74.7 Å². The summed E-state index contributed by atoms with van der Waals surface area (Å²) < 4.78 is 23.6. The molecule has 0 amide bonds. The highest BCUT2D eigenvalue weighted by Crippen LogP contribution is 2.40. The number of hydrogen-bond acceptors (Lipinski definition) is 9. The molecule has 3 unspecified atom stereocenters. The minimum Gasteiger partial charge on any atom is -0.491 e. The van der Waals surface area contributed by atoms with Crippen LogP contribution in [0.3, 0.4) is 0 Å². The van der Waals surface area contributed by atoms with E-state index in [9.17, 15) is 4.79 Å². The van der Waals surface area contributed by atoms with Crippen molar-refractivity contribution in [3.8, 4) is 5.75 Å². The second kappa shape index (κ2) is 12.6. The van der Waals surface area contributed by atoms with E-state index in [2.05, 4.69) is 20.1 Å². The summed E-state index contributed by atoms with van der Waals surface area (Å²) in [6.45, 7) is 7.94. The van der Waals surface area contributed by atoms with Crippen LogP contribution in [0.4, 0.5) is 5.69 Å². The molecular formula is C29H34Cl2N8O4. The Morgan fingerprint density at radius 1 is 1.07 bits per heavy atom. The minimum atomic E-state index is -1.16. The number of aromatic nitrogens is 6. The third-order valence-corrected chi connectivity index (χ3v) is 8.47. The number of ether oxygens (including phenoxy) is 3. The highest BCUT2D eigenvalue weighted by atomic mass is 35.5. The maximum absolute atomic E-state index is 12.8. The summed E-state index contributed by atoms with van der Waals surface area (Å²) >= 11 is 12.7. The van der Waals surface area contributed by atoms with Crippen molar-refractivity contribution in [2.45, 2.75) is 44.7 Å². The first-order chi connectivity index (χ1) is 20.8. The largest absolute Gasteiger partial charge is 0.491 e. The predicted molar refractivity (Wildman–Crippen MR) is 163 cm³/mol. The van der Waals surface area contributed by atoms with Crippen molar-refractivity contribution in [1.82, 2.24) is 29.2 Å². The second-order valence-electron chi connectivity index (χ2n) is 10.7. The number of hydrogen-bond donors (Lipinski definition) is 0. The molecule has 2 saturated heterocycles. The number of benzene rings is 2. The van der Waals surface area contributed by atoms with Crippen molar-refractivity contribution in [3.05, 3.63) is 87.5 Å². The van der Waals surface area contributed by atoms with E-state index in [-0.39, 0.29) is 24.4 Å². The van der Waals surface area contributed by atoms with Gasteiger partial charge in [0.15, 0.2) is 0 Å². The van der Waals surface area contributed by atoms with Gasteiger partial charge in [-0.2, -0.15) is 14.9 Å². The lowest BCUT2D eigenvalue weighted by molar-refractivity contribution is -0.190. The van der Waals surface area contributed by atoms with Crippen LogP contribution >= 0.6 is 23.2 Å². The van der Waals surface area contributed by atoms with Crippen LogP contribution in [0.5, 0.6) is 5.75 Å². The summed E-state index contributed by atoms with van der Waals surface area (Å²) in [6, 6.07) is 13.3. The minimum absolute atomic E-state index is 0.0766. The average Bonchev–Trinajstić information content (AvgIpc) is 3.77. The quantitative estimate of drug-likeness (QED) is 0.260. The van der Waals surface area contributed by atoms with Gasteiger partial charge in [-0.25, -0.2) is 19.1 Å². The van der Waals surface area contributed by atoms with Crippen LogP contribution in [0.25, 0.3) is 0 Å². The van der Waals surface area contributed by atoms with Crippen LogP contribution in [0.1, 0.15) is 31.9 Å². The topological polar surface area (TPSA) is 105 Å². The van der Waals surface area contributed by atoms with Crippen LogP contribution in [0.2, 0.25) is 10.0 Å². The van der Waals surface area contributed by atoms with Gasteiger partial charge in [0, 0.05) is 29.4 Å². The highest BCUT2D eigenvalue weighted by molar-refractivity contribution is 6.35. The first-order valence-electron chi connectivity index (χ1n) is 14.3. The zero-order valence-corrected chi connectivity index (χ0v) is 25.6. The van der Waals surface area contributed by atoms with Crippen molar-refractivity contribution in [2.75, 3.05) is 49.3 Å². The Kier molecular flexibility index (Phi) is 8.62. The standard InChI is InChI=1S/C29H34Cl2N8O4/c1-3-21(2)39-28(40)38(20-34-39)37-12-10-35(11-13-37)23-5-7-24(8-6-23)41-15-25-16-42-29(43-25,17-36-19-32-18-33-36)26-9-4-22(30)14-27(26)31/h4-9,14,18-21,25H,3,10-13,15-17H2,1-2H3. The molecule has 6 rings (SSSR count). The van der Waals surface area contributed by atoms with Gasteiger partial charge in [-0.3, -0.25) is 0 Å². The molecule has 2 aliphatic heterocycles. The summed E-state index contributed by atoms with van der Waals surface area (Å²) in [5.41, 5.74) is 1.67. The summed E-state index contributed by atoms with van der Waals surface area (Å²) in [4.78, 5) is 19.1. The number of rotatable bonds is 10. The third kappa shape index (κ3) is 6.23. The van der Waals surface area contributed by atoms with E-state index in [0.717, 1.165) is 44.0 Å². The summed E-state index contributed by atoms with van der Waals surface area (Å²) in [5.74, 6) is -0.429. The molecule has 2 aliphatic rings. The third-order valence-electron chi connectivity index (χ3n) is 7.92. The van der Waals surface area contributed by atoms with Crippen molar-refractivity contribution in [2.24, 2.45) is 0 Å². The molecule has 2 aromatic carbocycles. The molecule has 0 N–H and O–H groups in total. The average molecular weight is 630 g/mol. The van der Waals surface area contributed by atoms with Gasteiger partial charge in [0.2, 0.25) is 5.79 Å². The number of halogens is 2. The molecule has 2 aromatic heterocycles. The molecule has 4 aromatic rings. The smallest absolute Gasteiger partial charge is 0.364 e. The number of piperazine rings is 1. The molecule has 228 valence electrons. The Hall–Kier alpha value is -3.58. The van der Waals surface area contributed by atoms with E-state index < -0.39 is 5.79 Å². The van der Waals surface area contributed by atoms with Crippen molar-refractivity contribution < 1.29 is 14.2 Å². The monoisotopic (exact) mass is 628 g/mol. The maximum atomic E-state index is 12.8. The first kappa shape index (κ1) is 29.5. The van der Waals surface area contributed by atoms with E-state index in [4.69, 9.17) is 37.4 Å². The van der Waals surface area contributed by atoms with Crippen LogP contribution in [0.15, 0.2) is 66.2 Å². The maximum Gasteiger partial charge on any atom is 0.364 e. The molecule has 12 nitrogen and oxygen atoms in total. The van der Waals surface area contributed by atoms with E-state index in [0.29, 0.717) is 28.8 Å². The lowest BCUT2D eigenvalue weighted by atomic mass is 10.1. The molecule has 0 radical (unpaired) electrons. The fraction of sp³-hybridized carbons (Fsp3) is 0.448. The lowest BCUT2D eigenvalue weighted by Gasteiger charge is -2.36. The van der Waals surface area contributed by atoms with Gasteiger partial charge >= 0.3 is 5.69 Å². The number of anilines is 1. The molecule has 0 aliphatic carbocycles. The van der Waals surface area contributed by atoms with Crippen LogP contribution < -0.4 is 20.3 Å². The zero-order valence-electron chi connectivity index (χ0n) is 24.1. The van der Waals surface area contributed by atoms with Crippen LogP contribution in [-0.2, 0) is 21.8 Å². The van der Waals surface area contributed by atoms with Crippen molar-refractivity contribution >= 4 is 28.9 Å². The fourth-order valence-electron chi connectivity index (χ4n) is 5.37. The molecule has 3 atom stereocenters. The Bertz CT molecular complexity index is 1570. The highest BCUT2D eigenvalue weighted by Gasteiger charge is 2.45. The van der Waals surface area contributed by atoms with Gasteiger partial charge in [0.1, 0.15) is 44.0 Å². The normalized spacial score (nSPS) is 21.3. The summed E-state index contributed by atoms with van der Waals surface area (Å²) in [5, 5.41) is 11.5. The number of nitrogens with zero attached hydrogens (tertiary/aromatic N) is 8. The Morgan fingerprint density at radius 3 is 2.56 bits per heavy atom. The van der Waals surface area contributed by atoms with Crippen molar-refractivity contribution in [3.63, 3.8) is 0 Å². The van der Waals surface area contributed by atoms with E-state index in [1.54, 1.807) is 38.8 Å². The predicted octanol–water partition coefficient (Wildman–Crippen LogP) is 3.72. The summed E-state index contributed by atoms with van der Waals surface area (Å²) in [7, 11) is 0. The molecule has 4 heterocycles. The van der Waals surface area contributed by atoms with Gasteiger partial charge in [-0.05, 0) is 49.7 Å². The SMILES string of the molecule is CCC(C)n1ncn(N2CCN(c3ccc(OCC4COC(Cn5cncn5)(c5ccc(Cl)cc5Cl)O4)cc3)CC2)c1=O. The van der Waals surface area contributed by atoms with E-state index in [1.807, 2.05) is 49.2 Å². The Balaban J connectivity index is 1.05. The zero-order chi connectivity index (χ0) is 30.0. The molecule has 0 bridgehead atoms. The second-order valence-corrected chi connectivity index (χ2v) is 11.6. The van der Waals surface area contributed by atoms with E-state index >= 15 is 0 Å². The van der Waals surface area contributed by atoms with Crippen molar-refractivity contribution in [1.29, 1.82) is 0 Å². The molecule has 43 heavy (non-hydrogen) atoms. The van der Waals surface area contributed by atoms with E-state index in [1.165, 1.54) is 6.33 Å². The molecule has 0 saturated carbocycles. The van der Waals surface area contributed by atoms with Gasteiger partial charge in [0.25, 0.3) is 0 Å². The Morgan fingerprint density at radius 2 is 1.86 bits per heavy atom. The fourth-order valence-corrected chi connectivity index (χ4v) is 5.92. The molecular weight excluding hydrogens is 595 g/mol. The van der Waals surface area contributed by atoms with Gasteiger partial charge in [-0.15, -0.1) is 0 Å². The Labute approximate surface area is 259 Å². The molecule has 0 spiro atoms. The lowest BCUT2D eigenvalue weighted by Crippen LogP contribution is -2.54. The first-order valence-corrected chi connectivity index (χ1v) is 15.1. The summed E-state index contributed by atoms with van der Waals surface area (Å²) in [6.07, 6.45) is 5.20. The molecule has 2 fully saturated rings. The van der Waals surface area contributed by atoms with Gasteiger partial charge < -0.3 is 24.1 Å².